The average Bonchev–Trinajstić information content (AvgIpc) is 2.77. The van der Waals surface area contributed by atoms with Gasteiger partial charge in [0.2, 0.25) is 0 Å². The molecule has 7 nitrogen and oxygen atoms in total. The summed E-state index contributed by atoms with van der Waals surface area (Å²) >= 11 is 0. The maximum atomic E-state index is 9.55. The van der Waals surface area contributed by atoms with Gasteiger partial charge >= 0.3 is 11.9 Å². The van der Waals surface area contributed by atoms with Gasteiger partial charge in [0.25, 0.3) is 0 Å². The van der Waals surface area contributed by atoms with Crippen molar-refractivity contribution in [1.29, 1.82) is 0 Å². The van der Waals surface area contributed by atoms with Crippen LogP contribution in [-0.4, -0.2) is 64.4 Å². The fourth-order valence-electron chi connectivity index (χ4n) is 2.83. The van der Waals surface area contributed by atoms with Gasteiger partial charge in [0.1, 0.15) is 0 Å². The molecule has 2 rings (SSSR count). The summed E-state index contributed by atoms with van der Waals surface area (Å²) in [5.74, 6) is -2.51. The van der Waals surface area contributed by atoms with Gasteiger partial charge < -0.3 is 15.9 Å². The molecule has 0 bridgehead atoms. The van der Waals surface area contributed by atoms with Crippen LogP contribution >= 0.6 is 0 Å². The molecule has 2 aliphatic rings. The molecule has 7 heteroatoms. The van der Waals surface area contributed by atoms with E-state index in [0.29, 0.717) is 18.2 Å². The SMILES string of the molecule is CN1CC(N)CN1C1CCCCC1.O=C(O)/C=C/C(=O)O. The van der Waals surface area contributed by atoms with Crippen LogP contribution < -0.4 is 5.73 Å². The molecular formula is C14H25N3O4. The summed E-state index contributed by atoms with van der Waals surface area (Å²) in [6, 6.07) is 1.15. The molecule has 21 heavy (non-hydrogen) atoms. The third-order valence-corrected chi connectivity index (χ3v) is 3.72. The Morgan fingerprint density at radius 1 is 1.05 bits per heavy atom. The normalized spacial score (nSPS) is 24.8. The number of hydrazine groups is 1. The molecule has 0 spiro atoms. The molecular weight excluding hydrogens is 274 g/mol. The van der Waals surface area contributed by atoms with Crippen LogP contribution in [0.1, 0.15) is 32.1 Å². The molecule has 0 aromatic rings. The number of carbonyl (C=O) groups is 2. The zero-order valence-corrected chi connectivity index (χ0v) is 12.4. The summed E-state index contributed by atoms with van der Waals surface area (Å²) in [7, 11) is 2.17. The predicted octanol–water partition coefficient (Wildman–Crippen LogP) is 0.521. The second-order valence-electron chi connectivity index (χ2n) is 5.52. The van der Waals surface area contributed by atoms with Crippen LogP contribution in [0.15, 0.2) is 12.2 Å². The number of nitrogens with zero attached hydrogens (tertiary/aromatic N) is 2. The van der Waals surface area contributed by atoms with E-state index >= 15 is 0 Å². The van der Waals surface area contributed by atoms with Gasteiger partial charge in [-0.25, -0.2) is 19.6 Å². The van der Waals surface area contributed by atoms with Gasteiger partial charge in [-0.3, -0.25) is 0 Å². The summed E-state index contributed by atoms with van der Waals surface area (Å²) in [4.78, 5) is 19.1. The molecule has 4 N–H and O–H groups in total. The lowest BCUT2D eigenvalue weighted by Gasteiger charge is -2.35. The molecule has 1 heterocycles. The van der Waals surface area contributed by atoms with Crippen LogP contribution in [0, 0.1) is 0 Å². The minimum absolute atomic E-state index is 0.368. The number of hydrogen-bond acceptors (Lipinski definition) is 5. The Balaban J connectivity index is 0.000000240. The smallest absolute Gasteiger partial charge is 0.328 e. The summed E-state index contributed by atoms with van der Waals surface area (Å²) in [6.45, 7) is 2.11. The number of rotatable bonds is 3. The second kappa shape index (κ2) is 8.76. The van der Waals surface area contributed by atoms with Crippen LogP contribution in [0.4, 0.5) is 0 Å². The predicted molar refractivity (Wildman–Crippen MR) is 78.6 cm³/mol. The van der Waals surface area contributed by atoms with Gasteiger partial charge in [-0.15, -0.1) is 0 Å². The second-order valence-corrected chi connectivity index (χ2v) is 5.52. The zero-order chi connectivity index (χ0) is 15.8. The first kappa shape index (κ1) is 17.6. The molecule has 1 aliphatic carbocycles. The highest BCUT2D eigenvalue weighted by molar-refractivity contribution is 5.89. The van der Waals surface area contributed by atoms with Gasteiger partial charge in [0, 0.05) is 44.4 Å². The number of carboxylic acid groups (broad SMARTS) is 2. The van der Waals surface area contributed by atoms with Gasteiger partial charge in [-0.1, -0.05) is 19.3 Å². The molecule has 1 unspecified atom stereocenters. The summed E-state index contributed by atoms with van der Waals surface area (Å²) in [5, 5.41) is 20.4. The minimum Gasteiger partial charge on any atom is -0.478 e. The van der Waals surface area contributed by atoms with Crippen molar-refractivity contribution in [3.63, 3.8) is 0 Å². The zero-order valence-electron chi connectivity index (χ0n) is 12.4. The van der Waals surface area contributed by atoms with Gasteiger partial charge in [0.15, 0.2) is 0 Å². The van der Waals surface area contributed by atoms with E-state index in [-0.39, 0.29) is 0 Å². The molecule has 1 saturated heterocycles. The number of likely N-dealkylation sites (N-methyl/N-ethyl adjacent to an activating group) is 1. The van der Waals surface area contributed by atoms with E-state index in [0.717, 1.165) is 19.1 Å². The molecule has 1 atom stereocenters. The van der Waals surface area contributed by atoms with E-state index < -0.39 is 11.9 Å². The maximum Gasteiger partial charge on any atom is 0.328 e. The first-order valence-electron chi connectivity index (χ1n) is 7.27. The first-order valence-corrected chi connectivity index (χ1v) is 7.27. The highest BCUT2D eigenvalue weighted by Crippen LogP contribution is 2.25. The summed E-state index contributed by atoms with van der Waals surface area (Å²) < 4.78 is 0. The third-order valence-electron chi connectivity index (χ3n) is 3.72. The average molecular weight is 299 g/mol. The Hall–Kier alpha value is -1.44. The molecule has 0 amide bonds. The van der Waals surface area contributed by atoms with Gasteiger partial charge in [-0.2, -0.15) is 0 Å². The Labute approximate surface area is 125 Å². The summed E-state index contributed by atoms with van der Waals surface area (Å²) in [5.41, 5.74) is 5.94. The topological polar surface area (TPSA) is 107 Å². The van der Waals surface area contributed by atoms with E-state index in [2.05, 4.69) is 17.1 Å². The van der Waals surface area contributed by atoms with Crippen LogP contribution in [0.3, 0.4) is 0 Å². The molecule has 0 aromatic heterocycles. The van der Waals surface area contributed by atoms with Crippen LogP contribution in [0.2, 0.25) is 0 Å². The number of aliphatic carboxylic acids is 2. The molecule has 1 aliphatic heterocycles. The van der Waals surface area contributed by atoms with Crippen molar-refractivity contribution in [2.75, 3.05) is 20.1 Å². The first-order chi connectivity index (χ1) is 9.90. The largest absolute Gasteiger partial charge is 0.478 e. The van der Waals surface area contributed by atoms with Crippen LogP contribution in [0.25, 0.3) is 0 Å². The molecule has 1 saturated carbocycles. The van der Waals surface area contributed by atoms with Crippen molar-refractivity contribution in [2.24, 2.45) is 5.73 Å². The van der Waals surface area contributed by atoms with E-state index in [1.807, 2.05) is 0 Å². The highest BCUT2D eigenvalue weighted by Gasteiger charge is 2.31. The number of nitrogens with two attached hydrogens (primary N) is 1. The van der Waals surface area contributed by atoms with Crippen LogP contribution in [0.5, 0.6) is 0 Å². The van der Waals surface area contributed by atoms with Crippen molar-refractivity contribution in [3.05, 3.63) is 12.2 Å². The van der Waals surface area contributed by atoms with Crippen molar-refractivity contribution < 1.29 is 19.8 Å². The van der Waals surface area contributed by atoms with Crippen molar-refractivity contribution in [3.8, 4) is 0 Å². The standard InChI is InChI=1S/C10H21N3.C4H4O4/c1-12-7-9(11)8-13(12)10-5-3-2-4-6-10;5-3(6)1-2-4(7)8/h9-10H,2-8,11H2,1H3;1-2H,(H,5,6)(H,7,8)/b;2-1+. The van der Waals surface area contributed by atoms with E-state index in [4.69, 9.17) is 15.9 Å². The molecule has 120 valence electrons. The highest BCUT2D eigenvalue weighted by atomic mass is 16.4. The maximum absolute atomic E-state index is 9.55. The quantitative estimate of drug-likeness (QED) is 0.652. The van der Waals surface area contributed by atoms with Crippen LogP contribution in [-0.2, 0) is 9.59 Å². The lowest BCUT2D eigenvalue weighted by atomic mass is 9.95. The lowest BCUT2D eigenvalue weighted by Crippen LogP contribution is -2.42. The van der Waals surface area contributed by atoms with Gasteiger partial charge in [0.05, 0.1) is 0 Å². The summed E-state index contributed by atoms with van der Waals surface area (Å²) in [6.07, 6.45) is 8.10. The fraction of sp³-hybridized carbons (Fsp3) is 0.714. The van der Waals surface area contributed by atoms with Gasteiger partial charge in [-0.05, 0) is 12.8 Å². The number of hydrogen-bond donors (Lipinski definition) is 3. The fourth-order valence-corrected chi connectivity index (χ4v) is 2.83. The Kier molecular flexibility index (Phi) is 7.35. The molecule has 2 fully saturated rings. The Morgan fingerprint density at radius 2 is 1.57 bits per heavy atom. The Bertz CT molecular complexity index is 364. The lowest BCUT2D eigenvalue weighted by molar-refractivity contribution is -0.134. The van der Waals surface area contributed by atoms with Crippen molar-refractivity contribution >= 4 is 11.9 Å². The monoisotopic (exact) mass is 299 g/mol. The Morgan fingerprint density at radius 3 is 1.95 bits per heavy atom. The molecule has 0 radical (unpaired) electrons. The third kappa shape index (κ3) is 6.70. The number of carboxylic acids is 2. The van der Waals surface area contributed by atoms with E-state index in [9.17, 15) is 9.59 Å². The minimum atomic E-state index is -1.26. The van der Waals surface area contributed by atoms with E-state index in [1.165, 1.54) is 32.1 Å². The van der Waals surface area contributed by atoms with Crippen molar-refractivity contribution in [2.45, 2.75) is 44.2 Å². The van der Waals surface area contributed by atoms with Crippen molar-refractivity contribution in [1.82, 2.24) is 10.0 Å². The van der Waals surface area contributed by atoms with E-state index in [1.54, 1.807) is 0 Å². The molecule has 0 aromatic carbocycles.